The number of nitrogens with zero attached hydrogens (tertiary/aromatic N) is 1. The SMILES string of the molecule is COCC1(CNC(=O)c2ccon2)CCNCC1. The van der Waals surface area contributed by atoms with E-state index < -0.39 is 0 Å². The normalized spacial score (nSPS) is 18.5. The van der Waals surface area contributed by atoms with Crippen molar-refractivity contribution in [2.24, 2.45) is 5.41 Å². The number of carbonyl (C=O) groups excluding carboxylic acids is 1. The zero-order chi connectivity index (χ0) is 12.8. The summed E-state index contributed by atoms with van der Waals surface area (Å²) in [4.78, 5) is 11.8. The molecular weight excluding hydrogens is 234 g/mol. The lowest BCUT2D eigenvalue weighted by atomic mass is 9.79. The molecule has 6 nitrogen and oxygen atoms in total. The molecule has 1 aromatic heterocycles. The number of hydrogen-bond acceptors (Lipinski definition) is 5. The van der Waals surface area contributed by atoms with Gasteiger partial charge in [-0.15, -0.1) is 0 Å². The Labute approximate surface area is 106 Å². The van der Waals surface area contributed by atoms with E-state index in [-0.39, 0.29) is 11.3 Å². The summed E-state index contributed by atoms with van der Waals surface area (Å²) >= 11 is 0. The Kier molecular flexibility index (Phi) is 4.33. The van der Waals surface area contributed by atoms with Gasteiger partial charge in [0.15, 0.2) is 5.69 Å². The molecule has 0 spiro atoms. The van der Waals surface area contributed by atoms with Gasteiger partial charge in [0.1, 0.15) is 6.26 Å². The molecule has 0 bridgehead atoms. The number of carbonyl (C=O) groups is 1. The van der Waals surface area contributed by atoms with Crippen LogP contribution in [0.15, 0.2) is 16.9 Å². The highest BCUT2D eigenvalue weighted by Crippen LogP contribution is 2.28. The highest BCUT2D eigenvalue weighted by atomic mass is 16.5. The minimum absolute atomic E-state index is 0.0272. The van der Waals surface area contributed by atoms with Crippen molar-refractivity contribution in [3.05, 3.63) is 18.0 Å². The molecule has 1 fully saturated rings. The summed E-state index contributed by atoms with van der Waals surface area (Å²) in [5, 5.41) is 9.85. The number of rotatable bonds is 5. The zero-order valence-electron chi connectivity index (χ0n) is 10.6. The maximum atomic E-state index is 11.8. The minimum atomic E-state index is -0.197. The molecule has 1 aromatic rings. The summed E-state index contributed by atoms with van der Waals surface area (Å²) in [6.45, 7) is 3.19. The van der Waals surface area contributed by atoms with Gasteiger partial charge in [0.25, 0.3) is 5.91 Å². The van der Waals surface area contributed by atoms with Gasteiger partial charge in [-0.1, -0.05) is 5.16 Å². The molecule has 2 rings (SSSR count). The average molecular weight is 253 g/mol. The first-order valence-corrected chi connectivity index (χ1v) is 6.14. The molecule has 100 valence electrons. The molecule has 2 heterocycles. The van der Waals surface area contributed by atoms with Crippen LogP contribution >= 0.6 is 0 Å². The van der Waals surface area contributed by atoms with E-state index in [1.165, 1.54) is 6.26 Å². The molecule has 1 amide bonds. The third kappa shape index (κ3) is 3.08. The van der Waals surface area contributed by atoms with E-state index in [0.717, 1.165) is 25.9 Å². The molecule has 0 aromatic carbocycles. The average Bonchev–Trinajstić information content (AvgIpc) is 2.91. The van der Waals surface area contributed by atoms with Crippen LogP contribution in [-0.2, 0) is 4.74 Å². The fourth-order valence-electron chi connectivity index (χ4n) is 2.32. The van der Waals surface area contributed by atoms with Crippen molar-refractivity contribution >= 4 is 5.91 Å². The second-order valence-corrected chi connectivity index (χ2v) is 4.75. The topological polar surface area (TPSA) is 76.4 Å². The lowest BCUT2D eigenvalue weighted by Gasteiger charge is -2.37. The Morgan fingerprint density at radius 3 is 3.00 bits per heavy atom. The Morgan fingerprint density at radius 1 is 1.61 bits per heavy atom. The van der Waals surface area contributed by atoms with Gasteiger partial charge < -0.3 is 19.9 Å². The summed E-state index contributed by atoms with van der Waals surface area (Å²) in [7, 11) is 1.70. The van der Waals surface area contributed by atoms with Crippen LogP contribution in [0, 0.1) is 5.41 Å². The quantitative estimate of drug-likeness (QED) is 0.795. The van der Waals surface area contributed by atoms with E-state index >= 15 is 0 Å². The maximum Gasteiger partial charge on any atom is 0.273 e. The van der Waals surface area contributed by atoms with Gasteiger partial charge in [-0.05, 0) is 25.9 Å². The van der Waals surface area contributed by atoms with E-state index in [0.29, 0.717) is 18.8 Å². The van der Waals surface area contributed by atoms with Crippen LogP contribution in [0.25, 0.3) is 0 Å². The van der Waals surface area contributed by atoms with E-state index in [1.807, 2.05) is 0 Å². The summed E-state index contributed by atoms with van der Waals surface area (Å²) in [5.74, 6) is -0.197. The largest absolute Gasteiger partial charge is 0.384 e. The van der Waals surface area contributed by atoms with Gasteiger partial charge in [0.2, 0.25) is 0 Å². The minimum Gasteiger partial charge on any atom is -0.384 e. The first-order chi connectivity index (χ1) is 8.76. The van der Waals surface area contributed by atoms with Crippen LogP contribution in [-0.4, -0.2) is 44.4 Å². The molecule has 0 radical (unpaired) electrons. The summed E-state index contributed by atoms with van der Waals surface area (Å²) in [6.07, 6.45) is 3.39. The Balaban J connectivity index is 1.91. The van der Waals surface area contributed by atoms with Crippen molar-refractivity contribution in [1.82, 2.24) is 15.8 Å². The number of ether oxygens (including phenoxy) is 1. The highest BCUT2D eigenvalue weighted by molar-refractivity contribution is 5.91. The van der Waals surface area contributed by atoms with Gasteiger partial charge in [-0.3, -0.25) is 4.79 Å². The van der Waals surface area contributed by atoms with Crippen molar-refractivity contribution in [3.8, 4) is 0 Å². The van der Waals surface area contributed by atoms with Crippen LogP contribution in [0.3, 0.4) is 0 Å². The van der Waals surface area contributed by atoms with Crippen molar-refractivity contribution in [1.29, 1.82) is 0 Å². The first-order valence-electron chi connectivity index (χ1n) is 6.14. The molecule has 2 N–H and O–H groups in total. The van der Waals surface area contributed by atoms with Gasteiger partial charge >= 0.3 is 0 Å². The third-order valence-corrected chi connectivity index (χ3v) is 3.41. The van der Waals surface area contributed by atoms with E-state index in [1.54, 1.807) is 13.2 Å². The fourth-order valence-corrected chi connectivity index (χ4v) is 2.32. The first kappa shape index (κ1) is 13.0. The maximum absolute atomic E-state index is 11.8. The summed E-state index contributed by atoms with van der Waals surface area (Å²) < 4.78 is 9.95. The number of aromatic nitrogens is 1. The Bertz CT molecular complexity index is 366. The standard InChI is InChI=1S/C12H19N3O3/c1-17-9-12(3-5-13-6-4-12)8-14-11(16)10-2-7-18-15-10/h2,7,13H,3-6,8-9H2,1H3,(H,14,16). The van der Waals surface area contributed by atoms with Crippen molar-refractivity contribution < 1.29 is 14.1 Å². The van der Waals surface area contributed by atoms with Crippen LogP contribution in [0.4, 0.5) is 0 Å². The molecule has 18 heavy (non-hydrogen) atoms. The summed E-state index contributed by atoms with van der Waals surface area (Å²) in [6, 6.07) is 1.56. The molecule has 6 heteroatoms. The zero-order valence-corrected chi connectivity index (χ0v) is 10.6. The van der Waals surface area contributed by atoms with Gasteiger partial charge in [0.05, 0.1) is 6.61 Å². The molecule has 1 aliphatic heterocycles. The predicted octanol–water partition coefficient (Wildman–Crippen LogP) is 0.421. The predicted molar refractivity (Wildman–Crippen MR) is 65.2 cm³/mol. The number of piperidine rings is 1. The highest BCUT2D eigenvalue weighted by Gasteiger charge is 2.32. The van der Waals surface area contributed by atoms with E-state index in [2.05, 4.69) is 20.3 Å². The third-order valence-electron chi connectivity index (χ3n) is 3.41. The van der Waals surface area contributed by atoms with Crippen LogP contribution in [0.2, 0.25) is 0 Å². The molecule has 0 atom stereocenters. The molecular formula is C12H19N3O3. The molecule has 0 aliphatic carbocycles. The van der Waals surface area contributed by atoms with Crippen LogP contribution < -0.4 is 10.6 Å². The molecule has 0 saturated carbocycles. The second kappa shape index (κ2) is 5.97. The Morgan fingerprint density at radius 2 is 2.39 bits per heavy atom. The number of methoxy groups -OCH3 is 1. The van der Waals surface area contributed by atoms with E-state index in [4.69, 9.17) is 4.74 Å². The number of nitrogens with one attached hydrogen (secondary N) is 2. The van der Waals surface area contributed by atoms with Crippen molar-refractivity contribution in [3.63, 3.8) is 0 Å². The van der Waals surface area contributed by atoms with Gasteiger partial charge in [-0.25, -0.2) is 0 Å². The van der Waals surface area contributed by atoms with Crippen LogP contribution in [0.5, 0.6) is 0 Å². The molecule has 1 aliphatic rings. The van der Waals surface area contributed by atoms with Gasteiger partial charge in [-0.2, -0.15) is 0 Å². The second-order valence-electron chi connectivity index (χ2n) is 4.75. The van der Waals surface area contributed by atoms with Crippen molar-refractivity contribution in [2.45, 2.75) is 12.8 Å². The lowest BCUT2D eigenvalue weighted by Crippen LogP contribution is -2.47. The van der Waals surface area contributed by atoms with E-state index in [9.17, 15) is 4.79 Å². The Hall–Kier alpha value is -1.40. The molecule has 0 unspecified atom stereocenters. The van der Waals surface area contributed by atoms with Crippen LogP contribution in [0.1, 0.15) is 23.3 Å². The van der Waals surface area contributed by atoms with Gasteiger partial charge in [0, 0.05) is 25.1 Å². The lowest BCUT2D eigenvalue weighted by molar-refractivity contribution is 0.0510. The van der Waals surface area contributed by atoms with Crippen molar-refractivity contribution in [2.75, 3.05) is 33.4 Å². The number of amides is 1. The smallest absolute Gasteiger partial charge is 0.273 e. The fraction of sp³-hybridized carbons (Fsp3) is 0.667. The molecule has 1 saturated heterocycles. The summed E-state index contributed by atoms with van der Waals surface area (Å²) in [5.41, 5.74) is 0.343. The number of hydrogen-bond donors (Lipinski definition) is 2. The monoisotopic (exact) mass is 253 g/mol.